The van der Waals surface area contributed by atoms with Crippen LogP contribution < -0.4 is 10.6 Å². The number of nitrogens with one attached hydrogen (secondary N) is 2. The van der Waals surface area contributed by atoms with E-state index < -0.39 is 9.84 Å². The summed E-state index contributed by atoms with van der Waals surface area (Å²) in [5, 5.41) is 5.68. The van der Waals surface area contributed by atoms with E-state index in [9.17, 15) is 13.2 Å². The Kier molecular flexibility index (Phi) is 5.15. The summed E-state index contributed by atoms with van der Waals surface area (Å²) in [7, 11) is -2.95. The Balaban J connectivity index is 2.55. The van der Waals surface area contributed by atoms with Crippen molar-refractivity contribution >= 4 is 27.1 Å². The Hall–Kier alpha value is -1.56. The summed E-state index contributed by atoms with van der Waals surface area (Å²) in [5.41, 5.74) is 1.47. The van der Waals surface area contributed by atoms with Crippen LogP contribution in [-0.4, -0.2) is 32.4 Å². The van der Waals surface area contributed by atoms with Gasteiger partial charge in [-0.3, -0.25) is 4.79 Å². The van der Waals surface area contributed by atoms with E-state index in [0.29, 0.717) is 12.2 Å². The van der Waals surface area contributed by atoms with E-state index in [2.05, 4.69) is 10.6 Å². The van der Waals surface area contributed by atoms with Crippen LogP contribution in [0.25, 0.3) is 0 Å². The van der Waals surface area contributed by atoms with Crippen LogP contribution in [0.2, 0.25) is 0 Å². The van der Waals surface area contributed by atoms with Gasteiger partial charge in [0.25, 0.3) is 0 Å². The van der Waals surface area contributed by atoms with Crippen LogP contribution in [-0.2, 0) is 14.6 Å². The minimum Gasteiger partial charge on any atom is -0.384 e. The second-order valence-corrected chi connectivity index (χ2v) is 6.40. The molecule has 0 bridgehead atoms. The Bertz CT molecular complexity index is 512. The number of hydrogen-bond donors (Lipinski definition) is 2. The van der Waals surface area contributed by atoms with Crippen molar-refractivity contribution in [1.29, 1.82) is 0 Å². The van der Waals surface area contributed by atoms with E-state index >= 15 is 0 Å². The van der Waals surface area contributed by atoms with E-state index in [0.717, 1.165) is 5.69 Å². The number of rotatable bonds is 6. The van der Waals surface area contributed by atoms with Crippen molar-refractivity contribution < 1.29 is 13.2 Å². The Labute approximate surface area is 108 Å². The molecule has 0 saturated heterocycles. The lowest BCUT2D eigenvalue weighted by Crippen LogP contribution is -2.17. The van der Waals surface area contributed by atoms with Crippen LogP contribution in [0.15, 0.2) is 24.3 Å². The van der Waals surface area contributed by atoms with Gasteiger partial charge in [0.1, 0.15) is 0 Å². The number of carbonyl (C=O) groups is 1. The van der Waals surface area contributed by atoms with Crippen molar-refractivity contribution in [1.82, 2.24) is 0 Å². The first-order chi connectivity index (χ1) is 8.43. The van der Waals surface area contributed by atoms with Gasteiger partial charge in [-0.15, -0.1) is 0 Å². The highest BCUT2D eigenvalue weighted by Gasteiger charge is 2.06. The number of sulfone groups is 1. The summed E-state index contributed by atoms with van der Waals surface area (Å²) >= 11 is 0. The summed E-state index contributed by atoms with van der Waals surface area (Å²) in [6.07, 6.45) is 0. The number of carbonyl (C=O) groups excluding carboxylic acids is 1. The Morgan fingerprint density at radius 3 is 2.56 bits per heavy atom. The molecule has 1 aromatic carbocycles. The molecule has 0 atom stereocenters. The summed E-state index contributed by atoms with van der Waals surface area (Å²) < 4.78 is 22.6. The summed E-state index contributed by atoms with van der Waals surface area (Å²) in [6.45, 7) is 3.43. The SMILES string of the molecule is CCS(=O)(=O)CCNc1cccc(NC(C)=O)c1. The van der Waals surface area contributed by atoms with E-state index in [1.165, 1.54) is 6.92 Å². The molecule has 0 aromatic heterocycles. The maximum absolute atomic E-state index is 11.3. The fraction of sp³-hybridized carbons (Fsp3) is 0.417. The molecule has 1 amide bonds. The van der Waals surface area contributed by atoms with Crippen molar-refractivity contribution in [3.63, 3.8) is 0 Å². The lowest BCUT2D eigenvalue weighted by atomic mass is 10.2. The van der Waals surface area contributed by atoms with Crippen LogP contribution in [0, 0.1) is 0 Å². The lowest BCUT2D eigenvalue weighted by Gasteiger charge is -2.08. The maximum atomic E-state index is 11.3. The first-order valence-electron chi connectivity index (χ1n) is 5.75. The van der Waals surface area contributed by atoms with Gasteiger partial charge in [0.15, 0.2) is 9.84 Å². The number of amides is 1. The van der Waals surface area contributed by atoms with Crippen molar-refractivity contribution in [3.8, 4) is 0 Å². The monoisotopic (exact) mass is 270 g/mol. The lowest BCUT2D eigenvalue weighted by molar-refractivity contribution is -0.114. The second kappa shape index (κ2) is 6.39. The highest BCUT2D eigenvalue weighted by Crippen LogP contribution is 2.14. The summed E-state index contributed by atoms with van der Waals surface area (Å²) in [5.74, 6) is 0.120. The van der Waals surface area contributed by atoms with Gasteiger partial charge in [-0.1, -0.05) is 13.0 Å². The molecule has 2 N–H and O–H groups in total. The first-order valence-corrected chi connectivity index (χ1v) is 7.57. The molecular weight excluding hydrogens is 252 g/mol. The van der Waals surface area contributed by atoms with E-state index in [4.69, 9.17) is 0 Å². The van der Waals surface area contributed by atoms with Gasteiger partial charge in [-0.05, 0) is 18.2 Å². The van der Waals surface area contributed by atoms with E-state index in [1.807, 2.05) is 6.07 Å². The predicted octanol–water partition coefficient (Wildman–Crippen LogP) is 1.49. The molecule has 0 aliphatic carbocycles. The van der Waals surface area contributed by atoms with Crippen molar-refractivity contribution in [2.24, 2.45) is 0 Å². The van der Waals surface area contributed by atoms with Crippen LogP contribution in [0.4, 0.5) is 11.4 Å². The summed E-state index contributed by atoms with van der Waals surface area (Å²) in [6, 6.07) is 7.15. The minimum atomic E-state index is -2.95. The maximum Gasteiger partial charge on any atom is 0.221 e. The third-order valence-corrected chi connectivity index (χ3v) is 4.07. The molecule has 100 valence electrons. The molecule has 18 heavy (non-hydrogen) atoms. The highest BCUT2D eigenvalue weighted by atomic mass is 32.2. The van der Waals surface area contributed by atoms with Gasteiger partial charge >= 0.3 is 0 Å². The molecule has 5 nitrogen and oxygen atoms in total. The summed E-state index contributed by atoms with van der Waals surface area (Å²) in [4.78, 5) is 10.9. The zero-order valence-corrected chi connectivity index (χ0v) is 11.4. The smallest absolute Gasteiger partial charge is 0.221 e. The molecular formula is C12H18N2O3S. The molecule has 0 saturated carbocycles. The topological polar surface area (TPSA) is 75.3 Å². The average Bonchev–Trinajstić information content (AvgIpc) is 2.28. The van der Waals surface area contributed by atoms with Gasteiger partial charge < -0.3 is 10.6 Å². The van der Waals surface area contributed by atoms with Gasteiger partial charge in [0.05, 0.1) is 5.75 Å². The molecule has 6 heteroatoms. The van der Waals surface area contributed by atoms with Gasteiger partial charge in [-0.2, -0.15) is 0 Å². The molecule has 0 heterocycles. The van der Waals surface area contributed by atoms with Crippen LogP contribution in [0.5, 0.6) is 0 Å². The first kappa shape index (κ1) is 14.5. The molecule has 0 radical (unpaired) electrons. The highest BCUT2D eigenvalue weighted by molar-refractivity contribution is 7.91. The minimum absolute atomic E-state index is 0.105. The van der Waals surface area contributed by atoms with E-state index in [-0.39, 0.29) is 17.4 Å². The largest absolute Gasteiger partial charge is 0.384 e. The van der Waals surface area contributed by atoms with Gasteiger partial charge in [-0.25, -0.2) is 8.42 Å². The molecule has 0 aliphatic rings. The quantitative estimate of drug-likeness (QED) is 0.821. The third kappa shape index (κ3) is 5.18. The van der Waals surface area contributed by atoms with Crippen molar-refractivity contribution in [2.45, 2.75) is 13.8 Å². The Morgan fingerprint density at radius 2 is 1.94 bits per heavy atom. The average molecular weight is 270 g/mol. The number of hydrogen-bond acceptors (Lipinski definition) is 4. The normalized spacial score (nSPS) is 11.0. The number of anilines is 2. The second-order valence-electron chi connectivity index (χ2n) is 3.93. The van der Waals surface area contributed by atoms with Crippen LogP contribution in [0.3, 0.4) is 0 Å². The van der Waals surface area contributed by atoms with Crippen LogP contribution in [0.1, 0.15) is 13.8 Å². The molecule has 0 unspecified atom stereocenters. The van der Waals surface area contributed by atoms with Gasteiger partial charge in [0, 0.05) is 30.6 Å². The van der Waals surface area contributed by atoms with E-state index in [1.54, 1.807) is 25.1 Å². The molecule has 1 aromatic rings. The molecule has 0 fully saturated rings. The zero-order valence-electron chi connectivity index (χ0n) is 10.6. The number of benzene rings is 1. The van der Waals surface area contributed by atoms with Crippen LogP contribution >= 0.6 is 0 Å². The fourth-order valence-electron chi connectivity index (χ4n) is 1.41. The van der Waals surface area contributed by atoms with Crippen molar-refractivity contribution in [2.75, 3.05) is 28.7 Å². The van der Waals surface area contributed by atoms with Crippen molar-refractivity contribution in [3.05, 3.63) is 24.3 Å². The zero-order chi connectivity index (χ0) is 13.6. The Morgan fingerprint density at radius 1 is 1.28 bits per heavy atom. The van der Waals surface area contributed by atoms with Gasteiger partial charge in [0.2, 0.25) is 5.91 Å². The standard InChI is InChI=1S/C12H18N2O3S/c1-3-18(16,17)8-7-13-11-5-4-6-12(9-11)14-10(2)15/h4-6,9,13H,3,7-8H2,1-2H3,(H,14,15). The predicted molar refractivity (Wildman–Crippen MR) is 73.6 cm³/mol. The third-order valence-electron chi connectivity index (χ3n) is 2.36. The molecule has 1 rings (SSSR count). The molecule has 0 spiro atoms. The fourth-order valence-corrected chi connectivity index (χ4v) is 2.11. The molecule has 0 aliphatic heterocycles.